The molecule has 2 aromatic heterocycles. The smallest absolute Gasteiger partial charge is 0.198 e. The summed E-state index contributed by atoms with van der Waals surface area (Å²) in [6.07, 6.45) is 3.46. The van der Waals surface area contributed by atoms with Gasteiger partial charge in [-0.25, -0.2) is 15.0 Å². The topological polar surface area (TPSA) is 56.2 Å². The molecule has 0 unspecified atom stereocenters. The predicted octanol–water partition coefficient (Wildman–Crippen LogP) is 3.14. The third-order valence-electron chi connectivity index (χ3n) is 2.86. The fourth-order valence-corrected chi connectivity index (χ4v) is 2.23. The molecule has 0 aromatic carbocycles. The van der Waals surface area contributed by atoms with Crippen molar-refractivity contribution in [2.24, 2.45) is 0 Å². The zero-order chi connectivity index (χ0) is 12.8. The van der Waals surface area contributed by atoms with Crippen LogP contribution >= 0.6 is 11.6 Å². The largest absolute Gasteiger partial charge is 0.461 e. The summed E-state index contributed by atoms with van der Waals surface area (Å²) >= 11 is 6.15. The molecule has 5 nitrogen and oxygen atoms in total. The van der Waals surface area contributed by atoms with Gasteiger partial charge in [0.2, 0.25) is 0 Å². The summed E-state index contributed by atoms with van der Waals surface area (Å²) in [5.41, 5.74) is 1.29. The fraction of sp³-hybridized carbons (Fsp3) is 0. The summed E-state index contributed by atoms with van der Waals surface area (Å²) in [5.74, 6) is 1.78. The number of furan rings is 1. The number of fused-ring (bicyclic) bond motifs is 3. The average molecular weight is 271 g/mol. The quantitative estimate of drug-likeness (QED) is 0.499. The van der Waals surface area contributed by atoms with Crippen LogP contribution in [-0.4, -0.2) is 19.4 Å². The highest BCUT2D eigenvalue weighted by Gasteiger charge is 2.20. The maximum Gasteiger partial charge on any atom is 0.198 e. The molecule has 0 atom stereocenters. The van der Waals surface area contributed by atoms with Crippen LogP contribution in [0.5, 0.6) is 0 Å². The zero-order valence-electron chi connectivity index (χ0n) is 9.62. The van der Waals surface area contributed by atoms with E-state index in [1.54, 1.807) is 12.3 Å². The van der Waals surface area contributed by atoms with Crippen LogP contribution in [0.4, 0.5) is 0 Å². The van der Waals surface area contributed by atoms with Gasteiger partial charge in [0.1, 0.15) is 11.3 Å². The molecule has 4 heterocycles. The molecule has 19 heavy (non-hydrogen) atoms. The average Bonchev–Trinajstić information content (AvgIpc) is 3.08. The lowest BCUT2D eigenvalue weighted by Gasteiger charge is -2.05. The molecule has 0 fully saturated rings. The Morgan fingerprint density at radius 3 is 2.84 bits per heavy atom. The summed E-state index contributed by atoms with van der Waals surface area (Å²) in [4.78, 5) is 13.2. The molecule has 92 valence electrons. The number of hydrogen-bond donors (Lipinski definition) is 0. The minimum absolute atomic E-state index is 0.339. The van der Waals surface area contributed by atoms with Gasteiger partial charge >= 0.3 is 0 Å². The van der Waals surface area contributed by atoms with Gasteiger partial charge in [-0.15, -0.1) is 0 Å². The summed E-state index contributed by atoms with van der Waals surface area (Å²) < 4.78 is 7.15. The van der Waals surface area contributed by atoms with Crippen LogP contribution in [0.15, 0.2) is 47.2 Å². The Kier molecular flexibility index (Phi) is 2.10. The molecule has 2 aliphatic rings. The molecule has 2 aromatic rings. The molecule has 0 spiro atoms. The maximum atomic E-state index is 6.15. The first-order valence-corrected chi connectivity index (χ1v) is 6.05. The number of nitrogens with zero attached hydrogens (tertiary/aromatic N) is 4. The van der Waals surface area contributed by atoms with Gasteiger partial charge in [-0.3, -0.25) is 4.40 Å². The lowest BCUT2D eigenvalue weighted by Crippen LogP contribution is -1.98. The number of aromatic nitrogens is 4. The first kappa shape index (κ1) is 10.5. The van der Waals surface area contributed by atoms with E-state index in [-0.39, 0.29) is 0 Å². The van der Waals surface area contributed by atoms with E-state index in [2.05, 4.69) is 15.0 Å². The van der Waals surface area contributed by atoms with Crippen molar-refractivity contribution in [2.45, 2.75) is 0 Å². The van der Waals surface area contributed by atoms with Crippen molar-refractivity contribution in [3.05, 3.63) is 47.9 Å². The third kappa shape index (κ3) is 1.52. The fourth-order valence-electron chi connectivity index (χ4n) is 2.01. The summed E-state index contributed by atoms with van der Waals surface area (Å²) in [6.45, 7) is 0. The van der Waals surface area contributed by atoms with Crippen molar-refractivity contribution < 1.29 is 4.42 Å². The Bertz CT molecular complexity index is 837. The van der Waals surface area contributed by atoms with E-state index in [1.807, 2.05) is 34.9 Å². The van der Waals surface area contributed by atoms with Gasteiger partial charge in [0.05, 0.1) is 6.26 Å². The lowest BCUT2D eigenvalue weighted by molar-refractivity contribution is 0.578. The SMILES string of the molecule is Clc1nc2ccccn2c2nc(-c3ccco3)nc1-2. The number of pyridine rings is 1. The van der Waals surface area contributed by atoms with Crippen molar-refractivity contribution in [1.82, 2.24) is 19.4 Å². The normalized spacial score (nSPS) is 11.4. The molecule has 0 saturated heterocycles. The first-order chi connectivity index (χ1) is 9.33. The number of halogens is 1. The van der Waals surface area contributed by atoms with Crippen LogP contribution in [0.2, 0.25) is 5.15 Å². The monoisotopic (exact) mass is 270 g/mol. The summed E-state index contributed by atoms with van der Waals surface area (Å²) in [7, 11) is 0. The number of hydrogen-bond acceptors (Lipinski definition) is 4. The van der Waals surface area contributed by atoms with E-state index in [0.29, 0.717) is 28.3 Å². The molecule has 2 aliphatic heterocycles. The molecule has 0 N–H and O–H groups in total. The molecule has 6 heteroatoms. The van der Waals surface area contributed by atoms with E-state index in [9.17, 15) is 0 Å². The van der Waals surface area contributed by atoms with Crippen molar-refractivity contribution in [3.63, 3.8) is 0 Å². The van der Waals surface area contributed by atoms with Crippen LogP contribution in [0.1, 0.15) is 0 Å². The highest BCUT2D eigenvalue weighted by molar-refractivity contribution is 6.32. The summed E-state index contributed by atoms with van der Waals surface area (Å²) in [5, 5.41) is 0.339. The van der Waals surface area contributed by atoms with E-state index in [1.165, 1.54) is 0 Å². The molecular formula is C13H7ClN4O. The second-order valence-corrected chi connectivity index (χ2v) is 4.39. The summed E-state index contributed by atoms with van der Waals surface area (Å²) in [6, 6.07) is 9.27. The van der Waals surface area contributed by atoms with E-state index >= 15 is 0 Å². The van der Waals surface area contributed by atoms with E-state index in [4.69, 9.17) is 16.0 Å². The number of rotatable bonds is 1. The maximum absolute atomic E-state index is 6.15. The van der Waals surface area contributed by atoms with Crippen LogP contribution in [-0.2, 0) is 0 Å². The van der Waals surface area contributed by atoms with Crippen molar-refractivity contribution in [2.75, 3.05) is 0 Å². The second-order valence-electron chi connectivity index (χ2n) is 4.03. The van der Waals surface area contributed by atoms with Gasteiger partial charge in [-0.2, -0.15) is 0 Å². The highest BCUT2D eigenvalue weighted by atomic mass is 35.5. The molecule has 0 saturated carbocycles. The Morgan fingerprint density at radius 2 is 2.00 bits per heavy atom. The highest BCUT2D eigenvalue weighted by Crippen LogP contribution is 2.30. The van der Waals surface area contributed by atoms with Gasteiger partial charge < -0.3 is 4.42 Å². The second kappa shape index (κ2) is 3.80. The Morgan fingerprint density at radius 1 is 1.05 bits per heavy atom. The molecule has 4 rings (SSSR count). The Balaban J connectivity index is 2.09. The minimum atomic E-state index is 0.339. The van der Waals surface area contributed by atoms with Gasteiger partial charge in [-0.1, -0.05) is 17.7 Å². The van der Waals surface area contributed by atoms with Gasteiger partial charge in [0.15, 0.2) is 22.6 Å². The first-order valence-electron chi connectivity index (χ1n) is 5.67. The Hall–Kier alpha value is -2.40. The van der Waals surface area contributed by atoms with Crippen molar-refractivity contribution in [3.8, 4) is 23.1 Å². The van der Waals surface area contributed by atoms with Crippen molar-refractivity contribution in [1.29, 1.82) is 0 Å². The molecule has 0 radical (unpaired) electrons. The van der Waals surface area contributed by atoms with E-state index in [0.717, 1.165) is 5.65 Å². The van der Waals surface area contributed by atoms with Crippen LogP contribution in [0.3, 0.4) is 0 Å². The Labute approximate surface area is 112 Å². The van der Waals surface area contributed by atoms with Crippen LogP contribution in [0, 0.1) is 0 Å². The standard InChI is InChI=1S/C13H7ClN4O/c14-11-10-13(18-6-2-1-5-9(18)15-11)17-12(16-10)8-4-3-7-19-8/h1-7H. The van der Waals surface area contributed by atoms with Crippen molar-refractivity contribution >= 4 is 17.2 Å². The molecule has 0 amide bonds. The van der Waals surface area contributed by atoms with E-state index < -0.39 is 0 Å². The van der Waals surface area contributed by atoms with Crippen LogP contribution in [0.25, 0.3) is 28.8 Å². The zero-order valence-corrected chi connectivity index (χ0v) is 10.4. The lowest BCUT2D eigenvalue weighted by atomic mass is 10.4. The molecule has 0 aliphatic carbocycles. The van der Waals surface area contributed by atoms with Gasteiger partial charge in [-0.05, 0) is 24.3 Å². The van der Waals surface area contributed by atoms with Gasteiger partial charge in [0, 0.05) is 6.20 Å². The molecule has 0 bridgehead atoms. The number of imidazole rings is 1. The third-order valence-corrected chi connectivity index (χ3v) is 3.12. The molecular weight excluding hydrogens is 264 g/mol. The predicted molar refractivity (Wildman–Crippen MR) is 70.1 cm³/mol. The van der Waals surface area contributed by atoms with Gasteiger partial charge in [0.25, 0.3) is 0 Å². The van der Waals surface area contributed by atoms with Crippen LogP contribution < -0.4 is 0 Å². The minimum Gasteiger partial charge on any atom is -0.461 e.